The molecular formula is C19H24N4O3. The Morgan fingerprint density at radius 2 is 1.85 bits per heavy atom. The largest absolute Gasteiger partial charge is 0.385 e. The van der Waals surface area contributed by atoms with Gasteiger partial charge in [0.25, 0.3) is 11.8 Å². The molecule has 0 saturated heterocycles. The quantitative estimate of drug-likeness (QED) is 0.708. The Bertz CT molecular complexity index is 745. The number of carbonyl (C=O) groups excluding carboxylic acids is 2. The number of rotatable bonds is 8. The molecule has 0 atom stereocenters. The number of amides is 2. The number of nitrogens with zero attached hydrogens (tertiary/aromatic N) is 2. The molecular weight excluding hydrogens is 332 g/mol. The van der Waals surface area contributed by atoms with E-state index in [0.717, 1.165) is 12.1 Å². The summed E-state index contributed by atoms with van der Waals surface area (Å²) in [7, 11) is 5.51. The Kier molecular flexibility index (Phi) is 7.11. The molecule has 0 spiro atoms. The molecule has 2 amide bonds. The third kappa shape index (κ3) is 5.56. The van der Waals surface area contributed by atoms with Crippen molar-refractivity contribution in [3.05, 3.63) is 53.9 Å². The van der Waals surface area contributed by atoms with Gasteiger partial charge in [0.2, 0.25) is 0 Å². The smallest absolute Gasteiger partial charge is 0.274 e. The van der Waals surface area contributed by atoms with Crippen molar-refractivity contribution in [2.75, 3.05) is 44.6 Å². The zero-order chi connectivity index (χ0) is 18.9. The van der Waals surface area contributed by atoms with E-state index in [1.54, 1.807) is 13.2 Å². The summed E-state index contributed by atoms with van der Waals surface area (Å²) in [5, 5.41) is 5.57. The molecule has 0 aliphatic heterocycles. The minimum absolute atomic E-state index is 0.186. The van der Waals surface area contributed by atoms with Gasteiger partial charge in [0.05, 0.1) is 0 Å². The zero-order valence-corrected chi connectivity index (χ0v) is 15.3. The molecule has 1 aromatic heterocycles. The third-order valence-electron chi connectivity index (χ3n) is 3.71. The van der Waals surface area contributed by atoms with Gasteiger partial charge in [-0.3, -0.25) is 14.6 Å². The van der Waals surface area contributed by atoms with E-state index in [1.807, 2.05) is 43.3 Å². The normalized spacial score (nSPS) is 10.3. The van der Waals surface area contributed by atoms with E-state index >= 15 is 0 Å². The molecule has 0 radical (unpaired) electrons. The monoisotopic (exact) mass is 356 g/mol. The van der Waals surface area contributed by atoms with E-state index in [9.17, 15) is 9.59 Å². The fourth-order valence-corrected chi connectivity index (χ4v) is 2.25. The van der Waals surface area contributed by atoms with Crippen LogP contribution < -0.4 is 15.5 Å². The second-order valence-electron chi connectivity index (χ2n) is 5.93. The van der Waals surface area contributed by atoms with E-state index in [0.29, 0.717) is 24.4 Å². The fraction of sp³-hybridized carbons (Fsp3) is 0.316. The molecule has 0 aliphatic rings. The number of methoxy groups -OCH3 is 1. The number of hydrogen-bond donors (Lipinski definition) is 2. The average molecular weight is 356 g/mol. The number of ether oxygens (including phenoxy) is 1. The molecule has 0 bridgehead atoms. The van der Waals surface area contributed by atoms with Gasteiger partial charge in [0.1, 0.15) is 5.69 Å². The molecule has 138 valence electrons. The fourth-order valence-electron chi connectivity index (χ4n) is 2.25. The first-order chi connectivity index (χ1) is 12.5. The molecule has 26 heavy (non-hydrogen) atoms. The zero-order valence-electron chi connectivity index (χ0n) is 15.3. The van der Waals surface area contributed by atoms with Crippen molar-refractivity contribution in [3.63, 3.8) is 0 Å². The van der Waals surface area contributed by atoms with E-state index in [4.69, 9.17) is 4.74 Å². The number of hydrogen-bond acceptors (Lipinski definition) is 5. The molecule has 7 heteroatoms. The highest BCUT2D eigenvalue weighted by Gasteiger charge is 2.12. The number of benzene rings is 1. The predicted octanol–water partition coefficient (Wildman–Crippen LogP) is 2.17. The van der Waals surface area contributed by atoms with E-state index in [-0.39, 0.29) is 17.5 Å². The second kappa shape index (κ2) is 9.53. The summed E-state index contributed by atoms with van der Waals surface area (Å²) < 4.78 is 4.94. The summed E-state index contributed by atoms with van der Waals surface area (Å²) in [6, 6.07) is 10.5. The van der Waals surface area contributed by atoms with Crippen LogP contribution in [-0.4, -0.2) is 51.2 Å². The highest BCUT2D eigenvalue weighted by atomic mass is 16.5. The first-order valence-electron chi connectivity index (χ1n) is 8.33. The molecule has 0 aliphatic carbocycles. The molecule has 2 rings (SSSR count). The van der Waals surface area contributed by atoms with Gasteiger partial charge in [-0.1, -0.05) is 0 Å². The Balaban J connectivity index is 1.99. The minimum Gasteiger partial charge on any atom is -0.385 e. The number of aromatic nitrogens is 1. The lowest BCUT2D eigenvalue weighted by Crippen LogP contribution is -2.25. The van der Waals surface area contributed by atoms with Gasteiger partial charge in [0.15, 0.2) is 0 Å². The first kappa shape index (κ1) is 19.4. The van der Waals surface area contributed by atoms with Crippen LogP contribution >= 0.6 is 0 Å². The van der Waals surface area contributed by atoms with Crippen molar-refractivity contribution in [1.82, 2.24) is 10.3 Å². The predicted molar refractivity (Wildman–Crippen MR) is 102 cm³/mol. The molecule has 7 nitrogen and oxygen atoms in total. The number of anilines is 2. The summed E-state index contributed by atoms with van der Waals surface area (Å²) in [5.74, 6) is -0.607. The molecule has 2 N–H and O–H groups in total. The van der Waals surface area contributed by atoms with Crippen molar-refractivity contribution in [3.8, 4) is 0 Å². The third-order valence-corrected chi connectivity index (χ3v) is 3.71. The number of pyridine rings is 1. The molecule has 0 saturated carbocycles. The maximum Gasteiger partial charge on any atom is 0.274 e. The Morgan fingerprint density at radius 1 is 1.12 bits per heavy atom. The van der Waals surface area contributed by atoms with Crippen LogP contribution in [0.3, 0.4) is 0 Å². The van der Waals surface area contributed by atoms with Gasteiger partial charge in [-0.15, -0.1) is 0 Å². The van der Waals surface area contributed by atoms with Crippen LogP contribution in [0.4, 0.5) is 11.4 Å². The van der Waals surface area contributed by atoms with Gasteiger partial charge in [-0.25, -0.2) is 0 Å². The van der Waals surface area contributed by atoms with Gasteiger partial charge in [-0.05, 0) is 42.8 Å². The first-order valence-corrected chi connectivity index (χ1v) is 8.33. The van der Waals surface area contributed by atoms with Crippen LogP contribution in [0.2, 0.25) is 0 Å². The van der Waals surface area contributed by atoms with Crippen LogP contribution in [0.15, 0.2) is 42.6 Å². The van der Waals surface area contributed by atoms with Crippen LogP contribution in [0.5, 0.6) is 0 Å². The van der Waals surface area contributed by atoms with Crippen molar-refractivity contribution in [1.29, 1.82) is 0 Å². The average Bonchev–Trinajstić information content (AvgIpc) is 2.65. The molecule has 1 heterocycles. The molecule has 0 fully saturated rings. The lowest BCUT2D eigenvalue weighted by molar-refractivity contribution is 0.0948. The SMILES string of the molecule is COCCCNC(=O)c1ccnc(C(=O)Nc2ccc(N(C)C)cc2)c1. The van der Waals surface area contributed by atoms with Crippen molar-refractivity contribution >= 4 is 23.2 Å². The highest BCUT2D eigenvalue weighted by Crippen LogP contribution is 2.16. The van der Waals surface area contributed by atoms with Crippen molar-refractivity contribution in [2.24, 2.45) is 0 Å². The van der Waals surface area contributed by atoms with Gasteiger partial charge < -0.3 is 20.3 Å². The lowest BCUT2D eigenvalue weighted by Gasteiger charge is -2.13. The Labute approximate surface area is 153 Å². The van der Waals surface area contributed by atoms with E-state index in [2.05, 4.69) is 15.6 Å². The van der Waals surface area contributed by atoms with Gasteiger partial charge in [0, 0.05) is 57.5 Å². The van der Waals surface area contributed by atoms with Crippen LogP contribution in [0.25, 0.3) is 0 Å². The topological polar surface area (TPSA) is 83.6 Å². The Morgan fingerprint density at radius 3 is 2.50 bits per heavy atom. The second-order valence-corrected chi connectivity index (χ2v) is 5.93. The van der Waals surface area contributed by atoms with Gasteiger partial charge in [-0.2, -0.15) is 0 Å². The van der Waals surface area contributed by atoms with Crippen LogP contribution in [-0.2, 0) is 4.74 Å². The molecule has 1 aromatic carbocycles. The Hall–Kier alpha value is -2.93. The maximum absolute atomic E-state index is 12.4. The van der Waals surface area contributed by atoms with Crippen LogP contribution in [0.1, 0.15) is 27.3 Å². The van der Waals surface area contributed by atoms with E-state index in [1.165, 1.54) is 12.3 Å². The number of carbonyl (C=O) groups is 2. The van der Waals surface area contributed by atoms with Crippen molar-refractivity contribution < 1.29 is 14.3 Å². The maximum atomic E-state index is 12.4. The minimum atomic E-state index is -0.364. The highest BCUT2D eigenvalue weighted by molar-refractivity contribution is 6.04. The molecule has 2 aromatic rings. The number of nitrogens with one attached hydrogen (secondary N) is 2. The summed E-state index contributed by atoms with van der Waals surface area (Å²) in [6.07, 6.45) is 2.18. The lowest BCUT2D eigenvalue weighted by atomic mass is 10.2. The summed E-state index contributed by atoms with van der Waals surface area (Å²) >= 11 is 0. The summed E-state index contributed by atoms with van der Waals surface area (Å²) in [4.78, 5) is 30.5. The summed E-state index contributed by atoms with van der Waals surface area (Å²) in [6.45, 7) is 1.09. The summed E-state index contributed by atoms with van der Waals surface area (Å²) in [5.41, 5.74) is 2.28. The van der Waals surface area contributed by atoms with Crippen molar-refractivity contribution in [2.45, 2.75) is 6.42 Å². The standard InChI is InChI=1S/C19H24N4O3/c1-23(2)16-7-5-15(6-8-16)22-19(25)17-13-14(9-11-20-17)18(24)21-10-4-12-26-3/h5-9,11,13H,4,10,12H2,1-3H3,(H,21,24)(H,22,25). The van der Waals surface area contributed by atoms with Crippen LogP contribution in [0, 0.1) is 0 Å². The van der Waals surface area contributed by atoms with E-state index < -0.39 is 0 Å². The van der Waals surface area contributed by atoms with Gasteiger partial charge >= 0.3 is 0 Å². The molecule has 0 unspecified atom stereocenters.